The molecule has 0 aromatic heterocycles. The number of fused-ring (bicyclic) bond motifs is 10. The number of unbranched alkanes of at least 4 members (excludes halogenated alkanes) is 8. The normalized spacial score (nSPS) is 69.9. The van der Waals surface area contributed by atoms with E-state index in [4.69, 9.17) is 0 Å². The predicted molar refractivity (Wildman–Crippen MR) is 147 cm³/mol. The summed E-state index contributed by atoms with van der Waals surface area (Å²) >= 11 is -3.93. The van der Waals surface area contributed by atoms with E-state index in [1.54, 1.807) is 105 Å². The molecule has 0 aliphatic carbocycles. The summed E-state index contributed by atoms with van der Waals surface area (Å²) in [6.07, 6.45) is 25.6. The molecule has 0 radical (unpaired) electrons. The van der Waals surface area contributed by atoms with Crippen molar-refractivity contribution >= 4 is 15.8 Å². The van der Waals surface area contributed by atoms with Crippen molar-refractivity contribution in [3.05, 3.63) is 0 Å². The van der Waals surface area contributed by atoms with E-state index in [2.05, 4.69) is 27.7 Å². The summed E-state index contributed by atoms with van der Waals surface area (Å²) in [5, 5.41) is 0. The van der Waals surface area contributed by atoms with Crippen LogP contribution in [0.4, 0.5) is 0 Å². The molecular formula is C30H52HfP2. The van der Waals surface area contributed by atoms with Crippen molar-refractivity contribution in [2.75, 3.05) is 24.6 Å². The summed E-state index contributed by atoms with van der Waals surface area (Å²) in [4.78, 5) is 0. The minimum atomic E-state index is -3.93. The van der Waals surface area contributed by atoms with Crippen molar-refractivity contribution in [3.63, 3.8) is 0 Å². The Morgan fingerprint density at radius 1 is 0.455 bits per heavy atom. The van der Waals surface area contributed by atoms with Crippen molar-refractivity contribution in [1.82, 2.24) is 0 Å². The van der Waals surface area contributed by atoms with Gasteiger partial charge in [-0.25, -0.2) is 0 Å². The van der Waals surface area contributed by atoms with Gasteiger partial charge in [-0.3, -0.25) is 0 Å². The van der Waals surface area contributed by atoms with Crippen LogP contribution in [0.15, 0.2) is 0 Å². The minimum absolute atomic E-state index is 0.414. The van der Waals surface area contributed by atoms with Crippen molar-refractivity contribution in [3.8, 4) is 0 Å². The molecule has 186 valence electrons. The van der Waals surface area contributed by atoms with Crippen molar-refractivity contribution in [2.24, 2.45) is 0 Å². The van der Waals surface area contributed by atoms with E-state index in [-0.39, 0.29) is 0 Å². The Morgan fingerprint density at radius 3 is 0.970 bits per heavy atom. The van der Waals surface area contributed by atoms with Gasteiger partial charge in [0.15, 0.2) is 0 Å². The van der Waals surface area contributed by atoms with Gasteiger partial charge < -0.3 is 0 Å². The molecule has 10 fully saturated rings. The van der Waals surface area contributed by atoms with Crippen molar-refractivity contribution in [2.45, 2.75) is 140 Å². The fourth-order valence-electron chi connectivity index (χ4n) is 29.3. The van der Waals surface area contributed by atoms with Crippen LogP contribution in [-0.4, -0.2) is 30.5 Å². The van der Waals surface area contributed by atoms with Crippen LogP contribution in [-0.2, 0) is 11.2 Å². The number of hydrogen-bond donors (Lipinski definition) is 0. The topological polar surface area (TPSA) is 0 Å². The molecule has 0 nitrogen and oxygen atoms in total. The average Bonchev–Trinajstić information content (AvgIpc) is 3.76. The van der Waals surface area contributed by atoms with Gasteiger partial charge in [0, 0.05) is 0 Å². The molecule has 10 aliphatic heterocycles. The molecule has 10 rings (SSSR count). The fraction of sp³-hybridized carbons (Fsp3) is 1.00. The van der Waals surface area contributed by atoms with Crippen molar-refractivity contribution < 1.29 is 11.2 Å². The molecule has 0 saturated carbocycles. The van der Waals surface area contributed by atoms with E-state index in [1.165, 1.54) is 31.5 Å². The van der Waals surface area contributed by atoms with Crippen LogP contribution in [0, 0.1) is 0 Å². The van der Waals surface area contributed by atoms with Crippen LogP contribution >= 0.6 is 15.8 Å². The van der Waals surface area contributed by atoms with Gasteiger partial charge in [-0.2, -0.15) is 0 Å². The summed E-state index contributed by atoms with van der Waals surface area (Å²) < 4.78 is 15.2. The molecule has 10 aliphatic rings. The molecule has 4 unspecified atom stereocenters. The van der Waals surface area contributed by atoms with Gasteiger partial charge in [0.2, 0.25) is 0 Å². The zero-order chi connectivity index (χ0) is 22.4. The monoisotopic (exact) mass is 654 g/mol. The summed E-state index contributed by atoms with van der Waals surface area (Å²) in [5.74, 6) is 0. The first-order valence-corrected chi connectivity index (χ1v) is 40.1. The molecule has 10 saturated heterocycles. The Labute approximate surface area is 190 Å². The summed E-state index contributed by atoms with van der Waals surface area (Å²) in [6, 6.07) is 0. The molecular weight excluding hydrogens is 601 g/mol. The van der Waals surface area contributed by atoms with Gasteiger partial charge in [0.1, 0.15) is 0 Å². The van der Waals surface area contributed by atoms with Crippen LogP contribution in [0.5, 0.6) is 0 Å². The first kappa shape index (κ1) is 20.7. The van der Waals surface area contributed by atoms with E-state index in [0.717, 1.165) is 0 Å². The van der Waals surface area contributed by atoms with E-state index in [1.807, 2.05) is 0 Å². The fourth-order valence-corrected chi connectivity index (χ4v) is 504. The van der Waals surface area contributed by atoms with E-state index >= 15 is 0 Å². The summed E-state index contributed by atoms with van der Waals surface area (Å²) in [5.41, 5.74) is 0. The SMILES string of the molecule is CCCCCP(CCCCC)[C]12[CH]3[CH]4[CH]5[C]1(P(CCCCC)CCCCC)[Hf]43521678[CH]2[CH]1[CH]6[CH]7[CH]28. The zero-order valence-electron chi connectivity index (χ0n) is 22.3. The van der Waals surface area contributed by atoms with E-state index in [0.29, 0.717) is 15.8 Å². The summed E-state index contributed by atoms with van der Waals surface area (Å²) in [6.45, 7) is 9.81. The molecule has 1 spiro atoms. The second-order valence-corrected chi connectivity index (χ2v) is 103. The maximum absolute atomic E-state index is 3.93. The Kier molecular flexibility index (Phi) is 2.06. The molecule has 33 heavy (non-hydrogen) atoms. The third-order valence-electron chi connectivity index (χ3n) is 25.4. The van der Waals surface area contributed by atoms with Gasteiger partial charge in [-0.1, -0.05) is 0 Å². The standard InChI is InChI=1S/C25H47P2.C5H5.Hf/c1-5-9-13-20-26(21-14-10-6-2)24-18-17-19-25(24)27(22-15-11-7-3)23-16-12-8-4;1-2-4-5-3-1;/h17-19H,5-16,20-23H2,1-4H3;1-5H;. The first-order chi connectivity index (χ1) is 16.0. The van der Waals surface area contributed by atoms with Gasteiger partial charge in [-0.15, -0.1) is 0 Å². The van der Waals surface area contributed by atoms with Crippen LogP contribution < -0.4 is 0 Å². The summed E-state index contributed by atoms with van der Waals surface area (Å²) in [7, 11) is 0.828. The number of rotatable bonds is 18. The van der Waals surface area contributed by atoms with Gasteiger partial charge in [0.25, 0.3) is 0 Å². The van der Waals surface area contributed by atoms with Crippen LogP contribution in [0.25, 0.3) is 0 Å². The van der Waals surface area contributed by atoms with Crippen LogP contribution in [0.2, 0.25) is 29.4 Å². The van der Waals surface area contributed by atoms with Crippen molar-refractivity contribution in [1.29, 1.82) is 0 Å². The average molecular weight is 653 g/mol. The Morgan fingerprint density at radius 2 is 0.758 bits per heavy atom. The van der Waals surface area contributed by atoms with Crippen LogP contribution in [0.3, 0.4) is 0 Å². The van der Waals surface area contributed by atoms with Gasteiger partial charge in [0.05, 0.1) is 0 Å². The molecule has 0 amide bonds. The van der Waals surface area contributed by atoms with E-state index in [9.17, 15) is 0 Å². The Bertz CT molecular complexity index is 1140. The third-order valence-corrected chi connectivity index (χ3v) is 197. The Balaban J connectivity index is 1.10. The number of hydrogen-bond acceptors (Lipinski definition) is 0. The predicted octanol–water partition coefficient (Wildman–Crippen LogP) is 10.9. The molecule has 3 heteroatoms. The third kappa shape index (κ3) is 0.500. The zero-order valence-corrected chi connectivity index (χ0v) is 27.7. The quantitative estimate of drug-likeness (QED) is 0.0785. The molecule has 4 atom stereocenters. The molecule has 10 heterocycles. The second-order valence-electron chi connectivity index (χ2n) is 19.5. The van der Waals surface area contributed by atoms with Gasteiger partial charge in [-0.05, 0) is 0 Å². The maximum atomic E-state index is 2.45. The first-order valence-electron chi connectivity index (χ1n) is 16.5. The molecule has 0 aromatic carbocycles. The molecule has 0 N–H and O–H groups in total. The van der Waals surface area contributed by atoms with E-state index < -0.39 is 11.2 Å². The van der Waals surface area contributed by atoms with Gasteiger partial charge >= 0.3 is 192 Å². The second kappa shape index (κ2) is 3.29. The molecule has 0 aromatic rings. The Hall–Kier alpha value is 1.73. The molecule has 0 bridgehead atoms. The van der Waals surface area contributed by atoms with Crippen LogP contribution in [0.1, 0.15) is 105 Å².